The van der Waals surface area contributed by atoms with Gasteiger partial charge in [-0.25, -0.2) is 0 Å². The summed E-state index contributed by atoms with van der Waals surface area (Å²) < 4.78 is 29.7. The third-order valence-corrected chi connectivity index (χ3v) is 2.33. The molecule has 0 aromatic carbocycles. The van der Waals surface area contributed by atoms with Gasteiger partial charge in [0, 0.05) is 17.1 Å². The summed E-state index contributed by atoms with van der Waals surface area (Å²) >= 11 is 0. The summed E-state index contributed by atoms with van der Waals surface area (Å²) in [6.07, 6.45) is 0.951. The molecule has 0 fully saturated rings. The molecule has 0 heterocycles. The number of carbonyl (C=O) groups excluding carboxylic acids is 2. The summed E-state index contributed by atoms with van der Waals surface area (Å²) in [4.78, 5) is 23.3. The zero-order valence-corrected chi connectivity index (χ0v) is 7.80. The fourth-order valence-electron chi connectivity index (χ4n) is 0.858. The Balaban J connectivity index is 3.27. The number of azide groups is 1. The van der Waals surface area contributed by atoms with Crippen molar-refractivity contribution in [3.63, 3.8) is 0 Å². The lowest BCUT2D eigenvalue weighted by Crippen LogP contribution is -2.18. The van der Waals surface area contributed by atoms with E-state index in [-0.39, 0.29) is 0 Å². The summed E-state index contributed by atoms with van der Waals surface area (Å²) in [7, 11) is -4.73. The molecule has 9 heteroatoms. The van der Waals surface area contributed by atoms with E-state index in [0.717, 1.165) is 0 Å². The highest BCUT2D eigenvalue weighted by Gasteiger charge is 2.27. The fraction of sp³-hybridized carbons (Fsp3) is 0. The van der Waals surface area contributed by atoms with Crippen LogP contribution >= 0.6 is 0 Å². The van der Waals surface area contributed by atoms with Crippen molar-refractivity contribution in [1.29, 1.82) is 0 Å². The second-order valence-electron chi connectivity index (χ2n) is 2.43. The van der Waals surface area contributed by atoms with E-state index in [4.69, 9.17) is 10.1 Å². The van der Waals surface area contributed by atoms with Crippen LogP contribution in [0.4, 0.5) is 0 Å². The molecule has 0 aliphatic heterocycles. The first-order chi connectivity index (χ1) is 6.86. The van der Waals surface area contributed by atoms with E-state index < -0.39 is 32.3 Å². The van der Waals surface area contributed by atoms with Crippen molar-refractivity contribution in [2.24, 2.45) is 5.11 Å². The third-order valence-electron chi connectivity index (χ3n) is 1.46. The lowest BCUT2D eigenvalue weighted by molar-refractivity contribution is -0.114. The minimum absolute atomic E-state index is 0.404. The minimum Gasteiger partial charge on any atom is -0.289 e. The molecule has 1 aliphatic carbocycles. The smallest absolute Gasteiger partial charge is 0.289 e. The summed E-state index contributed by atoms with van der Waals surface area (Å²) in [6, 6.07) is 0. The third kappa shape index (κ3) is 2.29. The Morgan fingerprint density at radius 3 is 2.33 bits per heavy atom. The van der Waals surface area contributed by atoms with Gasteiger partial charge in [0.15, 0.2) is 11.6 Å². The lowest BCUT2D eigenvalue weighted by atomic mass is 10.1. The Morgan fingerprint density at radius 2 is 1.87 bits per heavy atom. The van der Waals surface area contributed by atoms with Gasteiger partial charge in [-0.3, -0.25) is 14.1 Å². The molecule has 0 spiro atoms. The van der Waals surface area contributed by atoms with Gasteiger partial charge in [-0.1, -0.05) is 5.11 Å². The Morgan fingerprint density at radius 1 is 1.27 bits per heavy atom. The van der Waals surface area contributed by atoms with Gasteiger partial charge in [0.25, 0.3) is 10.1 Å². The van der Waals surface area contributed by atoms with Gasteiger partial charge in [0.05, 0.1) is 5.70 Å². The highest BCUT2D eigenvalue weighted by molar-refractivity contribution is 7.91. The highest BCUT2D eigenvalue weighted by Crippen LogP contribution is 2.16. The van der Waals surface area contributed by atoms with Gasteiger partial charge in [-0.15, -0.1) is 0 Å². The lowest BCUT2D eigenvalue weighted by Gasteiger charge is -2.05. The Bertz CT molecular complexity index is 549. The van der Waals surface area contributed by atoms with Gasteiger partial charge in [0.1, 0.15) is 4.91 Å². The molecule has 0 aromatic rings. The van der Waals surface area contributed by atoms with Crippen molar-refractivity contribution >= 4 is 21.7 Å². The second kappa shape index (κ2) is 3.65. The van der Waals surface area contributed by atoms with Crippen molar-refractivity contribution in [3.05, 3.63) is 33.2 Å². The molecule has 0 bridgehead atoms. The maximum atomic E-state index is 11.1. The van der Waals surface area contributed by atoms with Crippen molar-refractivity contribution in [2.45, 2.75) is 0 Å². The molecule has 1 aliphatic rings. The van der Waals surface area contributed by atoms with Crippen molar-refractivity contribution in [3.8, 4) is 0 Å². The average Bonchev–Trinajstić information content (AvgIpc) is 2.09. The molecule has 1 N–H and O–H groups in total. The number of ketones is 2. The van der Waals surface area contributed by atoms with Gasteiger partial charge in [-0.2, -0.15) is 8.42 Å². The summed E-state index contributed by atoms with van der Waals surface area (Å²) in [5, 5.41) is 2.88. The maximum absolute atomic E-state index is 11.1. The molecule has 0 radical (unpaired) electrons. The van der Waals surface area contributed by atoms with Crippen molar-refractivity contribution in [2.75, 3.05) is 0 Å². The van der Waals surface area contributed by atoms with Crippen LogP contribution in [0.25, 0.3) is 10.4 Å². The molecular weight excluding hydrogens is 226 g/mol. The van der Waals surface area contributed by atoms with Crippen LogP contribution in [0.5, 0.6) is 0 Å². The predicted octanol–water partition coefficient (Wildman–Crippen LogP) is 0.104. The highest BCUT2D eigenvalue weighted by atomic mass is 32.2. The van der Waals surface area contributed by atoms with Crippen LogP contribution in [-0.4, -0.2) is 24.5 Å². The Labute approximate surface area is 83.3 Å². The largest absolute Gasteiger partial charge is 0.298 e. The number of carbonyl (C=O) groups is 2. The van der Waals surface area contributed by atoms with E-state index in [0.29, 0.717) is 12.2 Å². The van der Waals surface area contributed by atoms with E-state index in [1.54, 1.807) is 0 Å². The Hall–Kier alpha value is -1.96. The summed E-state index contributed by atoms with van der Waals surface area (Å²) in [5.41, 5.74) is 7.50. The maximum Gasteiger partial charge on any atom is 0.298 e. The minimum atomic E-state index is -4.73. The zero-order valence-electron chi connectivity index (χ0n) is 6.98. The molecule has 0 unspecified atom stereocenters. The van der Waals surface area contributed by atoms with Crippen LogP contribution in [0.3, 0.4) is 0 Å². The first kappa shape index (κ1) is 11.1. The van der Waals surface area contributed by atoms with E-state index in [1.165, 1.54) is 0 Å². The monoisotopic (exact) mass is 229 g/mol. The molecule has 8 nitrogen and oxygen atoms in total. The molecule has 15 heavy (non-hydrogen) atoms. The molecular formula is C6H3N3O5S. The summed E-state index contributed by atoms with van der Waals surface area (Å²) in [5.74, 6) is -2.07. The molecule has 0 atom stereocenters. The van der Waals surface area contributed by atoms with Crippen LogP contribution in [-0.2, 0) is 19.7 Å². The number of hydrogen-bond donors (Lipinski definition) is 1. The molecule has 0 saturated carbocycles. The van der Waals surface area contributed by atoms with Crippen LogP contribution < -0.4 is 0 Å². The van der Waals surface area contributed by atoms with E-state index >= 15 is 0 Å². The normalized spacial score (nSPS) is 16.6. The van der Waals surface area contributed by atoms with Gasteiger partial charge >= 0.3 is 0 Å². The van der Waals surface area contributed by atoms with Gasteiger partial charge in [-0.05, 0) is 5.53 Å². The SMILES string of the molecule is [N-]=[N+]=NC1=CC(=O)C(S(=O)(=O)O)=CC1=O. The van der Waals surface area contributed by atoms with Crippen LogP contribution in [0.15, 0.2) is 27.9 Å². The van der Waals surface area contributed by atoms with E-state index in [9.17, 15) is 18.0 Å². The second-order valence-corrected chi connectivity index (χ2v) is 3.82. The molecule has 0 aromatic heterocycles. The van der Waals surface area contributed by atoms with Crippen molar-refractivity contribution in [1.82, 2.24) is 0 Å². The number of allylic oxidation sites excluding steroid dienone is 3. The van der Waals surface area contributed by atoms with Crippen LogP contribution in [0.1, 0.15) is 0 Å². The molecule has 0 saturated heterocycles. The first-order valence-electron chi connectivity index (χ1n) is 3.41. The molecule has 78 valence electrons. The van der Waals surface area contributed by atoms with E-state index in [2.05, 4.69) is 10.0 Å². The number of hydrogen-bond acceptors (Lipinski definition) is 5. The van der Waals surface area contributed by atoms with Crippen LogP contribution in [0.2, 0.25) is 0 Å². The first-order valence-corrected chi connectivity index (χ1v) is 4.85. The van der Waals surface area contributed by atoms with E-state index in [1.807, 2.05) is 0 Å². The summed E-state index contributed by atoms with van der Waals surface area (Å²) in [6.45, 7) is 0. The van der Waals surface area contributed by atoms with Gasteiger partial charge < -0.3 is 0 Å². The Kier molecular flexibility index (Phi) is 2.71. The topological polar surface area (TPSA) is 137 Å². The average molecular weight is 229 g/mol. The fourth-order valence-corrected chi connectivity index (χ4v) is 1.43. The predicted molar refractivity (Wildman–Crippen MR) is 46.9 cm³/mol. The quantitative estimate of drug-likeness (QED) is 0.235. The number of rotatable bonds is 2. The van der Waals surface area contributed by atoms with Crippen LogP contribution in [0, 0.1) is 0 Å². The molecule has 1 rings (SSSR count). The molecule has 0 amide bonds. The van der Waals surface area contributed by atoms with Gasteiger partial charge in [0.2, 0.25) is 0 Å². The number of nitrogens with zero attached hydrogens (tertiary/aromatic N) is 3. The van der Waals surface area contributed by atoms with Crippen molar-refractivity contribution < 1.29 is 22.6 Å². The zero-order chi connectivity index (χ0) is 11.6. The standard InChI is InChI=1S/C6H3N3O5S/c7-9-8-3-1-5(11)6(2-4(3)10)15(12,13)14/h1-2H,(H,12,13,14).